The minimum atomic E-state index is -0.298. The van der Waals surface area contributed by atoms with E-state index in [1.807, 2.05) is 24.3 Å². The SMILES string of the molecule is O=C(NCCc1nc2ccc(F)cc2[nH]1)[C@@H]1COc2ccccc2C1. The number of nitrogens with zero attached hydrogens (tertiary/aromatic N) is 1. The van der Waals surface area contributed by atoms with Crippen molar-refractivity contribution in [2.24, 2.45) is 5.92 Å². The number of fused-ring (bicyclic) bond motifs is 2. The molecule has 2 N–H and O–H groups in total. The van der Waals surface area contributed by atoms with Crippen LogP contribution in [-0.4, -0.2) is 29.0 Å². The fraction of sp³-hybridized carbons (Fsp3) is 0.263. The number of amides is 1. The molecule has 0 saturated heterocycles. The van der Waals surface area contributed by atoms with E-state index in [1.165, 1.54) is 12.1 Å². The third-order valence-corrected chi connectivity index (χ3v) is 4.40. The second kappa shape index (κ2) is 6.55. The highest BCUT2D eigenvalue weighted by atomic mass is 19.1. The highest BCUT2D eigenvalue weighted by Crippen LogP contribution is 2.26. The molecular formula is C19H18FN3O2. The number of ether oxygens (including phenoxy) is 1. The normalized spacial score (nSPS) is 16.3. The summed E-state index contributed by atoms with van der Waals surface area (Å²) >= 11 is 0. The summed E-state index contributed by atoms with van der Waals surface area (Å²) in [5.74, 6) is 1.09. The lowest BCUT2D eigenvalue weighted by Gasteiger charge is -2.24. The van der Waals surface area contributed by atoms with Gasteiger partial charge in [0.15, 0.2) is 0 Å². The zero-order chi connectivity index (χ0) is 17.2. The van der Waals surface area contributed by atoms with Gasteiger partial charge in [0.2, 0.25) is 5.91 Å². The molecule has 2 aromatic carbocycles. The number of nitrogens with one attached hydrogen (secondary N) is 2. The maximum absolute atomic E-state index is 13.2. The zero-order valence-corrected chi connectivity index (χ0v) is 13.6. The predicted octanol–water partition coefficient (Wildman–Crippen LogP) is 2.61. The van der Waals surface area contributed by atoms with E-state index in [0.29, 0.717) is 31.5 Å². The highest BCUT2D eigenvalue weighted by molar-refractivity contribution is 5.79. The van der Waals surface area contributed by atoms with E-state index in [9.17, 15) is 9.18 Å². The van der Waals surface area contributed by atoms with Crippen molar-refractivity contribution in [2.45, 2.75) is 12.8 Å². The summed E-state index contributed by atoms with van der Waals surface area (Å²) in [4.78, 5) is 19.8. The van der Waals surface area contributed by atoms with Crippen LogP contribution >= 0.6 is 0 Å². The quantitative estimate of drug-likeness (QED) is 0.768. The number of H-pyrrole nitrogens is 1. The number of rotatable bonds is 4. The molecule has 2 heterocycles. The van der Waals surface area contributed by atoms with Crippen LogP contribution in [0.1, 0.15) is 11.4 Å². The van der Waals surface area contributed by atoms with Gasteiger partial charge in [-0.2, -0.15) is 0 Å². The second-order valence-corrected chi connectivity index (χ2v) is 6.21. The van der Waals surface area contributed by atoms with Crippen molar-refractivity contribution < 1.29 is 13.9 Å². The lowest BCUT2D eigenvalue weighted by atomic mass is 9.96. The molecule has 6 heteroatoms. The minimum absolute atomic E-state index is 0.0170. The van der Waals surface area contributed by atoms with Crippen LogP contribution in [0.5, 0.6) is 5.75 Å². The monoisotopic (exact) mass is 339 g/mol. The molecule has 1 aliphatic heterocycles. The molecule has 25 heavy (non-hydrogen) atoms. The van der Waals surface area contributed by atoms with Gasteiger partial charge in [0, 0.05) is 13.0 Å². The number of carbonyl (C=O) groups is 1. The number of halogens is 1. The second-order valence-electron chi connectivity index (χ2n) is 6.21. The first-order chi connectivity index (χ1) is 12.2. The summed E-state index contributed by atoms with van der Waals surface area (Å²) in [6.07, 6.45) is 1.25. The number of aromatic amines is 1. The number of carbonyl (C=O) groups excluding carboxylic acids is 1. The molecule has 128 valence electrons. The van der Waals surface area contributed by atoms with Crippen LogP contribution in [-0.2, 0) is 17.6 Å². The van der Waals surface area contributed by atoms with Gasteiger partial charge < -0.3 is 15.0 Å². The van der Waals surface area contributed by atoms with E-state index in [-0.39, 0.29) is 17.6 Å². The number of benzene rings is 2. The lowest BCUT2D eigenvalue weighted by Crippen LogP contribution is -2.38. The molecule has 0 bridgehead atoms. The molecule has 1 aromatic heterocycles. The molecular weight excluding hydrogens is 321 g/mol. The van der Waals surface area contributed by atoms with Gasteiger partial charge in [-0.3, -0.25) is 4.79 Å². The molecule has 0 fully saturated rings. The molecule has 0 saturated carbocycles. The summed E-state index contributed by atoms with van der Waals surface area (Å²) in [5, 5.41) is 2.93. The maximum atomic E-state index is 13.2. The molecule has 0 unspecified atom stereocenters. The Morgan fingerprint density at radius 2 is 2.20 bits per heavy atom. The Balaban J connectivity index is 1.33. The van der Waals surface area contributed by atoms with E-state index in [2.05, 4.69) is 15.3 Å². The predicted molar refractivity (Wildman–Crippen MR) is 91.9 cm³/mol. The lowest BCUT2D eigenvalue weighted by molar-refractivity contribution is -0.126. The van der Waals surface area contributed by atoms with Gasteiger partial charge in [-0.1, -0.05) is 18.2 Å². The van der Waals surface area contributed by atoms with Crippen LogP contribution in [0, 0.1) is 11.7 Å². The standard InChI is InChI=1S/C19H18FN3O2/c20-14-5-6-15-16(10-14)23-18(22-15)7-8-21-19(24)13-9-12-3-1-2-4-17(12)25-11-13/h1-6,10,13H,7-9,11H2,(H,21,24)(H,22,23)/t13-/m0/s1. The van der Waals surface area contributed by atoms with Crippen molar-refractivity contribution in [3.05, 3.63) is 59.7 Å². The topological polar surface area (TPSA) is 67.0 Å². The van der Waals surface area contributed by atoms with Crippen molar-refractivity contribution in [2.75, 3.05) is 13.2 Å². The summed E-state index contributed by atoms with van der Waals surface area (Å²) < 4.78 is 18.9. The minimum Gasteiger partial charge on any atom is -0.492 e. The molecule has 1 aliphatic rings. The first kappa shape index (κ1) is 15.6. The molecule has 1 amide bonds. The Morgan fingerprint density at radius 3 is 3.12 bits per heavy atom. The Kier molecular flexibility index (Phi) is 4.09. The maximum Gasteiger partial charge on any atom is 0.226 e. The van der Waals surface area contributed by atoms with Crippen molar-refractivity contribution >= 4 is 16.9 Å². The largest absolute Gasteiger partial charge is 0.492 e. The summed E-state index contributed by atoms with van der Waals surface area (Å²) in [6, 6.07) is 12.2. The average Bonchev–Trinajstić information content (AvgIpc) is 3.03. The van der Waals surface area contributed by atoms with Gasteiger partial charge in [0.25, 0.3) is 0 Å². The van der Waals surface area contributed by atoms with Gasteiger partial charge in [0.1, 0.15) is 24.0 Å². The first-order valence-corrected chi connectivity index (χ1v) is 8.31. The molecule has 1 atom stereocenters. The molecule has 3 aromatic rings. The third kappa shape index (κ3) is 3.33. The van der Waals surface area contributed by atoms with Gasteiger partial charge in [0.05, 0.1) is 17.0 Å². The van der Waals surface area contributed by atoms with Crippen LogP contribution < -0.4 is 10.1 Å². The van der Waals surface area contributed by atoms with E-state index in [0.717, 1.165) is 22.7 Å². The molecule has 0 aliphatic carbocycles. The molecule has 0 spiro atoms. The fourth-order valence-electron chi connectivity index (χ4n) is 3.10. The Labute approximate surface area is 144 Å². The Morgan fingerprint density at radius 1 is 1.32 bits per heavy atom. The first-order valence-electron chi connectivity index (χ1n) is 8.31. The van der Waals surface area contributed by atoms with Gasteiger partial charge in [-0.25, -0.2) is 9.37 Å². The molecule has 0 radical (unpaired) electrons. The summed E-state index contributed by atoms with van der Waals surface area (Å²) in [7, 11) is 0. The molecule has 5 nitrogen and oxygen atoms in total. The zero-order valence-electron chi connectivity index (χ0n) is 13.6. The average molecular weight is 339 g/mol. The number of hydrogen-bond acceptors (Lipinski definition) is 3. The van der Waals surface area contributed by atoms with E-state index in [1.54, 1.807) is 6.07 Å². The van der Waals surface area contributed by atoms with Crippen LogP contribution in [0.25, 0.3) is 11.0 Å². The van der Waals surface area contributed by atoms with Crippen LogP contribution in [0.15, 0.2) is 42.5 Å². The number of aromatic nitrogens is 2. The smallest absolute Gasteiger partial charge is 0.226 e. The van der Waals surface area contributed by atoms with E-state index < -0.39 is 0 Å². The van der Waals surface area contributed by atoms with Crippen molar-refractivity contribution in [3.8, 4) is 5.75 Å². The summed E-state index contributed by atoms with van der Waals surface area (Å²) in [5.41, 5.74) is 2.45. The van der Waals surface area contributed by atoms with Crippen LogP contribution in [0.4, 0.5) is 4.39 Å². The van der Waals surface area contributed by atoms with Gasteiger partial charge in [-0.05, 0) is 36.2 Å². The number of para-hydroxylation sites is 1. The van der Waals surface area contributed by atoms with Crippen LogP contribution in [0.2, 0.25) is 0 Å². The van der Waals surface area contributed by atoms with Gasteiger partial charge >= 0.3 is 0 Å². The number of imidazole rings is 1. The Bertz CT molecular complexity index is 922. The van der Waals surface area contributed by atoms with Gasteiger partial charge in [-0.15, -0.1) is 0 Å². The Hall–Kier alpha value is -2.89. The fourth-order valence-corrected chi connectivity index (χ4v) is 3.10. The molecule has 4 rings (SSSR count). The van der Waals surface area contributed by atoms with Crippen LogP contribution in [0.3, 0.4) is 0 Å². The van der Waals surface area contributed by atoms with E-state index >= 15 is 0 Å². The summed E-state index contributed by atoms with van der Waals surface area (Å²) in [6.45, 7) is 0.867. The van der Waals surface area contributed by atoms with Crippen molar-refractivity contribution in [1.82, 2.24) is 15.3 Å². The highest BCUT2D eigenvalue weighted by Gasteiger charge is 2.25. The number of hydrogen-bond donors (Lipinski definition) is 2. The van der Waals surface area contributed by atoms with Crippen molar-refractivity contribution in [1.29, 1.82) is 0 Å². The van der Waals surface area contributed by atoms with E-state index in [4.69, 9.17) is 4.74 Å². The third-order valence-electron chi connectivity index (χ3n) is 4.40. The van der Waals surface area contributed by atoms with Crippen molar-refractivity contribution in [3.63, 3.8) is 0 Å².